The van der Waals surface area contributed by atoms with Gasteiger partial charge in [-0.3, -0.25) is 0 Å². The number of hydrogen-bond acceptors (Lipinski definition) is 5. The third kappa shape index (κ3) is 3.31. The summed E-state index contributed by atoms with van der Waals surface area (Å²) in [7, 11) is 0. The molecule has 0 aliphatic carbocycles. The van der Waals surface area contributed by atoms with Crippen molar-refractivity contribution in [2.75, 3.05) is 18.2 Å². The maximum atomic E-state index is 13.5. The Kier molecular flexibility index (Phi) is 4.52. The number of halogens is 2. The van der Waals surface area contributed by atoms with Gasteiger partial charge < -0.3 is 14.4 Å². The standard InChI is InChI=1S/C24H21ClFN3O2/c25-16-5-1-14(2-6-16)11-29-12-19-23(15-3-7-17(26)8-4-15)27-28-24(19)18-9-21-22(10-20(18)29)31-13-30-21/h1-10,19,23-24,27-28H,11-13H2. The normalized spacial score (nSPS) is 23.5. The molecule has 0 saturated carbocycles. The number of nitrogens with zero attached hydrogens (tertiary/aromatic N) is 1. The summed E-state index contributed by atoms with van der Waals surface area (Å²) in [6.07, 6.45) is 0. The van der Waals surface area contributed by atoms with E-state index in [0.29, 0.717) is 0 Å². The molecule has 0 spiro atoms. The van der Waals surface area contributed by atoms with Crippen LogP contribution in [-0.2, 0) is 6.54 Å². The molecule has 1 saturated heterocycles. The smallest absolute Gasteiger partial charge is 0.231 e. The van der Waals surface area contributed by atoms with E-state index in [4.69, 9.17) is 21.1 Å². The fourth-order valence-electron chi connectivity index (χ4n) is 4.89. The lowest BCUT2D eigenvalue weighted by molar-refractivity contribution is 0.174. The van der Waals surface area contributed by atoms with E-state index in [2.05, 4.69) is 40.0 Å². The topological polar surface area (TPSA) is 45.8 Å². The van der Waals surface area contributed by atoms with Crippen LogP contribution < -0.4 is 25.2 Å². The quantitative estimate of drug-likeness (QED) is 0.620. The average Bonchev–Trinajstić information content (AvgIpc) is 3.41. The van der Waals surface area contributed by atoms with Gasteiger partial charge in [0, 0.05) is 35.8 Å². The van der Waals surface area contributed by atoms with Gasteiger partial charge in [0.15, 0.2) is 11.5 Å². The Balaban J connectivity index is 1.39. The summed E-state index contributed by atoms with van der Waals surface area (Å²) in [6, 6.07) is 19.1. The van der Waals surface area contributed by atoms with Gasteiger partial charge in [-0.1, -0.05) is 35.9 Å². The fourth-order valence-corrected chi connectivity index (χ4v) is 5.01. The summed E-state index contributed by atoms with van der Waals surface area (Å²) in [6.45, 7) is 1.83. The fraction of sp³-hybridized carbons (Fsp3) is 0.250. The van der Waals surface area contributed by atoms with Gasteiger partial charge in [0.05, 0.1) is 12.1 Å². The number of fused-ring (bicyclic) bond motifs is 4. The van der Waals surface area contributed by atoms with E-state index in [1.165, 1.54) is 23.3 Å². The molecule has 158 valence electrons. The first kappa shape index (κ1) is 18.9. The van der Waals surface area contributed by atoms with E-state index >= 15 is 0 Å². The van der Waals surface area contributed by atoms with Crippen molar-refractivity contribution in [3.05, 3.63) is 88.2 Å². The maximum absolute atomic E-state index is 13.5. The van der Waals surface area contributed by atoms with Gasteiger partial charge in [-0.15, -0.1) is 0 Å². The molecular formula is C24H21ClFN3O2. The van der Waals surface area contributed by atoms with Crippen molar-refractivity contribution < 1.29 is 13.9 Å². The van der Waals surface area contributed by atoms with E-state index < -0.39 is 0 Å². The highest BCUT2D eigenvalue weighted by molar-refractivity contribution is 6.30. The lowest BCUT2D eigenvalue weighted by atomic mass is 9.81. The monoisotopic (exact) mass is 437 g/mol. The molecule has 3 aromatic rings. The molecule has 1 fully saturated rings. The zero-order chi connectivity index (χ0) is 20.9. The van der Waals surface area contributed by atoms with Crippen molar-refractivity contribution in [2.45, 2.75) is 18.6 Å². The summed E-state index contributed by atoms with van der Waals surface area (Å²) >= 11 is 6.08. The van der Waals surface area contributed by atoms with E-state index in [-0.39, 0.29) is 30.6 Å². The molecule has 5 nitrogen and oxygen atoms in total. The van der Waals surface area contributed by atoms with Crippen LogP contribution in [-0.4, -0.2) is 13.3 Å². The lowest BCUT2D eigenvalue weighted by Crippen LogP contribution is -2.39. The van der Waals surface area contributed by atoms with Crippen LogP contribution in [0.25, 0.3) is 0 Å². The van der Waals surface area contributed by atoms with E-state index in [0.717, 1.165) is 40.9 Å². The maximum Gasteiger partial charge on any atom is 0.231 e. The van der Waals surface area contributed by atoms with Gasteiger partial charge in [-0.05, 0) is 47.0 Å². The van der Waals surface area contributed by atoms with Crippen molar-refractivity contribution >= 4 is 17.3 Å². The number of ether oxygens (including phenoxy) is 2. The number of benzene rings is 3. The van der Waals surface area contributed by atoms with Crippen LogP contribution in [0.4, 0.5) is 10.1 Å². The van der Waals surface area contributed by atoms with Gasteiger partial charge in [-0.2, -0.15) is 0 Å². The molecule has 3 aliphatic rings. The van der Waals surface area contributed by atoms with Crippen LogP contribution >= 0.6 is 11.6 Å². The number of hydrogen-bond donors (Lipinski definition) is 2. The summed E-state index contributed by atoms with van der Waals surface area (Å²) in [5.74, 6) is 1.58. The lowest BCUT2D eigenvalue weighted by Gasteiger charge is -2.39. The Labute approximate surface area is 184 Å². The third-order valence-electron chi connectivity index (χ3n) is 6.40. The summed E-state index contributed by atoms with van der Waals surface area (Å²) in [5, 5.41) is 0.729. The Morgan fingerprint density at radius 2 is 1.65 bits per heavy atom. The largest absolute Gasteiger partial charge is 0.454 e. The second-order valence-electron chi connectivity index (χ2n) is 8.23. The minimum atomic E-state index is -0.225. The molecule has 3 unspecified atom stereocenters. The Morgan fingerprint density at radius 1 is 0.935 bits per heavy atom. The Hall–Kier alpha value is -2.80. The molecular weight excluding hydrogens is 417 g/mol. The molecule has 3 aromatic carbocycles. The molecule has 0 radical (unpaired) electrons. The number of rotatable bonds is 3. The molecule has 0 bridgehead atoms. The van der Waals surface area contributed by atoms with E-state index in [9.17, 15) is 4.39 Å². The van der Waals surface area contributed by atoms with Crippen LogP contribution in [0.3, 0.4) is 0 Å². The number of anilines is 1. The van der Waals surface area contributed by atoms with Gasteiger partial charge in [0.25, 0.3) is 0 Å². The zero-order valence-corrected chi connectivity index (χ0v) is 17.4. The van der Waals surface area contributed by atoms with Gasteiger partial charge in [0.2, 0.25) is 6.79 Å². The first-order chi connectivity index (χ1) is 15.2. The van der Waals surface area contributed by atoms with E-state index in [1.807, 2.05) is 24.3 Å². The Morgan fingerprint density at radius 3 is 2.42 bits per heavy atom. The van der Waals surface area contributed by atoms with Gasteiger partial charge >= 0.3 is 0 Å². The third-order valence-corrected chi connectivity index (χ3v) is 6.65. The van der Waals surface area contributed by atoms with Crippen LogP contribution in [0.15, 0.2) is 60.7 Å². The first-order valence-electron chi connectivity index (χ1n) is 10.4. The minimum absolute atomic E-state index is 0.0666. The van der Waals surface area contributed by atoms with Crippen molar-refractivity contribution in [1.29, 1.82) is 0 Å². The molecule has 0 aromatic heterocycles. The summed E-state index contributed by atoms with van der Waals surface area (Å²) in [5.41, 5.74) is 11.5. The van der Waals surface area contributed by atoms with Crippen molar-refractivity contribution in [3.63, 3.8) is 0 Å². The van der Waals surface area contributed by atoms with Crippen LogP contribution in [0, 0.1) is 11.7 Å². The average molecular weight is 438 g/mol. The van der Waals surface area contributed by atoms with Crippen LogP contribution in [0.1, 0.15) is 28.8 Å². The SMILES string of the molecule is Fc1ccc(C2NNC3c4cc5c(cc4N(Cc4ccc(Cl)cc4)CC23)OCO5)cc1. The molecule has 6 rings (SSSR count). The van der Waals surface area contributed by atoms with Crippen LogP contribution in [0.5, 0.6) is 11.5 Å². The second kappa shape index (κ2) is 7.41. The first-order valence-corrected chi connectivity index (χ1v) is 10.7. The van der Waals surface area contributed by atoms with Crippen LogP contribution in [0.2, 0.25) is 5.02 Å². The predicted octanol–water partition coefficient (Wildman–Crippen LogP) is 4.73. The number of hydrazine groups is 1. The van der Waals surface area contributed by atoms with Crippen molar-refractivity contribution in [3.8, 4) is 11.5 Å². The highest BCUT2D eigenvalue weighted by Crippen LogP contribution is 2.49. The number of nitrogens with one attached hydrogen (secondary N) is 2. The predicted molar refractivity (Wildman–Crippen MR) is 117 cm³/mol. The van der Waals surface area contributed by atoms with E-state index in [1.54, 1.807) is 0 Å². The summed E-state index contributed by atoms with van der Waals surface area (Å²) in [4.78, 5) is 2.38. The highest BCUT2D eigenvalue weighted by Gasteiger charge is 2.44. The van der Waals surface area contributed by atoms with Crippen molar-refractivity contribution in [1.82, 2.24) is 10.9 Å². The second-order valence-corrected chi connectivity index (χ2v) is 8.67. The molecule has 2 N–H and O–H groups in total. The molecule has 3 heterocycles. The molecule has 31 heavy (non-hydrogen) atoms. The molecule has 0 amide bonds. The molecule has 3 atom stereocenters. The molecule has 7 heteroatoms. The van der Waals surface area contributed by atoms with Gasteiger partial charge in [0.1, 0.15) is 5.82 Å². The van der Waals surface area contributed by atoms with Crippen molar-refractivity contribution in [2.24, 2.45) is 5.92 Å². The minimum Gasteiger partial charge on any atom is -0.454 e. The zero-order valence-electron chi connectivity index (χ0n) is 16.6. The Bertz CT molecular complexity index is 1120. The van der Waals surface area contributed by atoms with Gasteiger partial charge in [-0.25, -0.2) is 15.2 Å². The summed E-state index contributed by atoms with van der Waals surface area (Å²) < 4.78 is 24.8. The highest BCUT2D eigenvalue weighted by atomic mass is 35.5. The molecule has 3 aliphatic heterocycles.